The summed E-state index contributed by atoms with van der Waals surface area (Å²) in [5.41, 5.74) is 0. The highest BCUT2D eigenvalue weighted by Gasteiger charge is 2.53. The van der Waals surface area contributed by atoms with Crippen LogP contribution in [0.2, 0.25) is 0 Å². The van der Waals surface area contributed by atoms with E-state index in [4.69, 9.17) is 28.4 Å². The number of hydrogen-bond acceptors (Lipinski definition) is 18. The number of rotatable bonds is 33. The predicted octanol–water partition coefficient (Wildman–Crippen LogP) is 0.861. The van der Waals surface area contributed by atoms with E-state index in [1.54, 1.807) is 6.08 Å². The number of aliphatic hydroxyl groups is 11. The number of amides is 1. The van der Waals surface area contributed by atoms with E-state index in [-0.39, 0.29) is 18.9 Å². The van der Waals surface area contributed by atoms with Crippen molar-refractivity contribution >= 4 is 5.91 Å². The molecule has 3 aliphatic heterocycles. The van der Waals surface area contributed by atoms with Crippen molar-refractivity contribution in [3.63, 3.8) is 0 Å². The topological polar surface area (TPSA) is 307 Å². The van der Waals surface area contributed by atoms with E-state index >= 15 is 0 Å². The van der Waals surface area contributed by atoms with Gasteiger partial charge in [0.1, 0.15) is 73.2 Å². The van der Waals surface area contributed by atoms with Crippen molar-refractivity contribution in [3.8, 4) is 0 Å². The Morgan fingerprint density at radius 3 is 1.52 bits per heavy atom. The van der Waals surface area contributed by atoms with E-state index in [9.17, 15) is 61.0 Å². The van der Waals surface area contributed by atoms with Crippen molar-refractivity contribution in [2.75, 3.05) is 26.4 Å². The molecule has 0 spiro atoms. The molecule has 386 valence electrons. The minimum Gasteiger partial charge on any atom is -0.394 e. The molecular formula is C47H85NO18. The summed E-state index contributed by atoms with van der Waals surface area (Å²) in [5.74, 6) is -0.294. The minimum absolute atomic E-state index is 0.236. The first-order valence-corrected chi connectivity index (χ1v) is 24.6. The number of nitrogens with one attached hydrogen (secondary N) is 1. The molecule has 19 nitrogen and oxygen atoms in total. The maximum absolute atomic E-state index is 13.1. The normalized spacial score (nSPS) is 34.0. The zero-order valence-corrected chi connectivity index (χ0v) is 39.2. The first-order chi connectivity index (χ1) is 31.8. The zero-order valence-electron chi connectivity index (χ0n) is 39.2. The minimum atomic E-state index is -1.98. The number of aliphatic hydroxyl groups excluding tert-OH is 11. The molecule has 3 fully saturated rings. The number of ether oxygens (including phenoxy) is 6. The lowest BCUT2D eigenvalue weighted by atomic mass is 9.96. The van der Waals surface area contributed by atoms with E-state index < -0.39 is 124 Å². The van der Waals surface area contributed by atoms with Crippen LogP contribution in [-0.2, 0) is 33.2 Å². The van der Waals surface area contributed by atoms with Gasteiger partial charge >= 0.3 is 0 Å². The van der Waals surface area contributed by atoms with Crippen LogP contribution >= 0.6 is 0 Å². The average molecular weight is 952 g/mol. The summed E-state index contributed by atoms with van der Waals surface area (Å²) in [6.45, 7) is 1.60. The second-order valence-corrected chi connectivity index (χ2v) is 17.9. The molecule has 3 rings (SSSR count). The van der Waals surface area contributed by atoms with E-state index in [0.29, 0.717) is 12.8 Å². The molecule has 3 saturated heterocycles. The molecule has 0 aliphatic carbocycles. The second kappa shape index (κ2) is 33.0. The van der Waals surface area contributed by atoms with Crippen LogP contribution in [0.5, 0.6) is 0 Å². The lowest BCUT2D eigenvalue weighted by Gasteiger charge is -2.48. The van der Waals surface area contributed by atoms with Gasteiger partial charge in [-0.1, -0.05) is 122 Å². The van der Waals surface area contributed by atoms with Crippen molar-refractivity contribution in [1.29, 1.82) is 0 Å². The van der Waals surface area contributed by atoms with Gasteiger partial charge < -0.3 is 89.9 Å². The van der Waals surface area contributed by atoms with Crippen LogP contribution < -0.4 is 5.32 Å². The Balaban J connectivity index is 1.59. The van der Waals surface area contributed by atoms with E-state index in [1.165, 1.54) is 57.8 Å². The van der Waals surface area contributed by atoms with E-state index in [2.05, 4.69) is 31.3 Å². The summed E-state index contributed by atoms with van der Waals surface area (Å²) in [4.78, 5) is 13.1. The molecular weight excluding hydrogens is 867 g/mol. The average Bonchev–Trinajstić information content (AvgIpc) is 3.31. The third-order valence-corrected chi connectivity index (χ3v) is 12.5. The summed E-state index contributed by atoms with van der Waals surface area (Å²) < 4.78 is 34.0. The van der Waals surface area contributed by atoms with Crippen molar-refractivity contribution in [1.82, 2.24) is 5.32 Å². The molecule has 0 saturated carbocycles. The van der Waals surface area contributed by atoms with Gasteiger partial charge in [0.05, 0.1) is 38.6 Å². The summed E-state index contributed by atoms with van der Waals surface area (Å²) in [5, 5.41) is 119. The Kier molecular flexibility index (Phi) is 29.3. The highest BCUT2D eigenvalue weighted by molar-refractivity contribution is 5.76. The Bertz CT molecular complexity index is 1330. The summed E-state index contributed by atoms with van der Waals surface area (Å²) in [6.07, 6.45) is 0.728. The van der Waals surface area contributed by atoms with Crippen LogP contribution in [0.25, 0.3) is 0 Å². The van der Waals surface area contributed by atoms with Crippen LogP contribution in [0, 0.1) is 0 Å². The van der Waals surface area contributed by atoms with Crippen molar-refractivity contribution < 1.29 is 89.4 Å². The third-order valence-electron chi connectivity index (χ3n) is 12.5. The third kappa shape index (κ3) is 19.2. The van der Waals surface area contributed by atoms with Gasteiger partial charge in [-0.3, -0.25) is 4.79 Å². The second-order valence-electron chi connectivity index (χ2n) is 17.9. The molecule has 17 atom stereocenters. The fraction of sp³-hybridized carbons (Fsp3) is 0.894. The lowest BCUT2D eigenvalue weighted by molar-refractivity contribution is -0.379. The summed E-state index contributed by atoms with van der Waals surface area (Å²) in [6, 6.07) is -0.981. The maximum atomic E-state index is 13.1. The van der Waals surface area contributed by atoms with Gasteiger partial charge in [-0.25, -0.2) is 0 Å². The van der Waals surface area contributed by atoms with Crippen LogP contribution in [0.15, 0.2) is 24.3 Å². The predicted molar refractivity (Wildman–Crippen MR) is 240 cm³/mol. The lowest BCUT2D eigenvalue weighted by Crippen LogP contribution is -2.66. The summed E-state index contributed by atoms with van der Waals surface area (Å²) >= 11 is 0. The molecule has 0 radical (unpaired) electrons. The number of carbonyl (C=O) groups excluding carboxylic acids is 1. The number of allylic oxidation sites excluding steroid dienone is 3. The molecule has 0 aromatic heterocycles. The number of carbonyl (C=O) groups is 1. The highest BCUT2D eigenvalue weighted by atomic mass is 16.8. The molecule has 0 bridgehead atoms. The van der Waals surface area contributed by atoms with Crippen molar-refractivity contribution in [2.24, 2.45) is 0 Å². The first-order valence-electron chi connectivity index (χ1n) is 24.6. The Hall–Kier alpha value is -1.73. The molecule has 1 amide bonds. The molecule has 12 N–H and O–H groups in total. The van der Waals surface area contributed by atoms with Gasteiger partial charge in [0.25, 0.3) is 0 Å². The molecule has 3 aliphatic rings. The monoisotopic (exact) mass is 952 g/mol. The summed E-state index contributed by atoms with van der Waals surface area (Å²) in [7, 11) is 0. The SMILES string of the molecule is CCCCCCCCC/C=C/CC/C=C/C(O)C(COC1OC(CO)C(OC2OC(CO)C(OC3OC(CO)C(O)C(O)C3O)C(O)C2O)C(O)C1O)NC(=O)CCCCCCCCCC. The van der Waals surface area contributed by atoms with Gasteiger partial charge in [0.2, 0.25) is 5.91 Å². The fourth-order valence-corrected chi connectivity index (χ4v) is 8.32. The molecule has 0 aromatic rings. The van der Waals surface area contributed by atoms with Gasteiger partial charge in [-0.15, -0.1) is 0 Å². The molecule has 17 unspecified atom stereocenters. The van der Waals surface area contributed by atoms with Crippen LogP contribution in [0.1, 0.15) is 136 Å². The quantitative estimate of drug-likeness (QED) is 0.0321. The van der Waals surface area contributed by atoms with E-state index in [0.717, 1.165) is 44.9 Å². The van der Waals surface area contributed by atoms with Gasteiger partial charge in [-0.05, 0) is 32.1 Å². The molecule has 3 heterocycles. The smallest absolute Gasteiger partial charge is 0.220 e. The maximum Gasteiger partial charge on any atom is 0.220 e. The zero-order chi connectivity index (χ0) is 48.4. The Labute approximate surface area is 390 Å². The van der Waals surface area contributed by atoms with Gasteiger partial charge in [-0.2, -0.15) is 0 Å². The Morgan fingerprint density at radius 1 is 0.530 bits per heavy atom. The van der Waals surface area contributed by atoms with Crippen LogP contribution in [0.4, 0.5) is 0 Å². The molecule has 66 heavy (non-hydrogen) atoms. The number of hydrogen-bond donors (Lipinski definition) is 12. The molecule has 19 heteroatoms. The number of unbranched alkanes of at least 4 members (excludes halogenated alkanes) is 15. The molecule has 0 aromatic carbocycles. The van der Waals surface area contributed by atoms with E-state index in [1.807, 2.05) is 6.08 Å². The first kappa shape index (κ1) is 58.6. The van der Waals surface area contributed by atoms with Crippen LogP contribution in [-0.4, -0.2) is 193 Å². The highest BCUT2D eigenvalue weighted by Crippen LogP contribution is 2.33. The van der Waals surface area contributed by atoms with Gasteiger partial charge in [0.15, 0.2) is 18.9 Å². The Morgan fingerprint density at radius 2 is 0.970 bits per heavy atom. The standard InChI is InChI=1S/C47H85NO18/c1-3-5-7-9-11-13-14-15-16-17-18-20-22-24-31(52)30(48-35(53)25-23-21-19-12-10-8-6-4-2)29-61-45-41(59)38(56)43(33(27-50)63-45)66-47-42(60)39(57)44(34(28-51)64-47)65-46-40(58)37(55)36(54)32(26-49)62-46/h16-17,22,24,30-34,36-47,49-52,54-60H,3-15,18-21,23,25-29H2,1-2H3,(H,48,53)/b17-16+,24-22+. The van der Waals surface area contributed by atoms with Crippen molar-refractivity contribution in [3.05, 3.63) is 24.3 Å². The largest absolute Gasteiger partial charge is 0.394 e. The van der Waals surface area contributed by atoms with Crippen molar-refractivity contribution in [2.45, 2.75) is 240 Å². The van der Waals surface area contributed by atoms with Crippen LogP contribution in [0.3, 0.4) is 0 Å². The fourth-order valence-electron chi connectivity index (χ4n) is 8.32. The van der Waals surface area contributed by atoms with Gasteiger partial charge in [0, 0.05) is 6.42 Å².